The minimum Gasteiger partial charge on any atom is -0.466 e. The average molecular weight is 301 g/mol. The molecule has 0 fully saturated rings. The maximum absolute atomic E-state index is 12.6. The summed E-state index contributed by atoms with van der Waals surface area (Å²) in [7, 11) is 1.46. The second-order valence-electron chi connectivity index (χ2n) is 4.15. The van der Waals surface area contributed by atoms with E-state index in [0.717, 1.165) is 12.1 Å². The van der Waals surface area contributed by atoms with Crippen LogP contribution in [0.4, 0.5) is 19.0 Å². The van der Waals surface area contributed by atoms with Gasteiger partial charge in [0.25, 0.3) is 0 Å². The van der Waals surface area contributed by atoms with Crippen LogP contribution in [0.5, 0.6) is 0 Å². The maximum atomic E-state index is 12.6. The number of alkyl halides is 3. The zero-order valence-corrected chi connectivity index (χ0v) is 11.6. The van der Waals surface area contributed by atoms with Crippen molar-refractivity contribution < 1.29 is 22.7 Å². The van der Waals surface area contributed by atoms with Crippen molar-refractivity contribution in [2.45, 2.75) is 19.5 Å². The molecule has 0 unspecified atom stereocenters. The molecule has 1 aromatic heterocycles. The topological polar surface area (TPSA) is 66.2 Å². The fourth-order valence-electron chi connectivity index (χ4n) is 1.58. The number of carbonyl (C=O) groups excluding carboxylic acids is 1. The van der Waals surface area contributed by atoms with E-state index in [9.17, 15) is 18.0 Å². The third kappa shape index (κ3) is 4.63. The smallest absolute Gasteiger partial charge is 0.433 e. The molecule has 0 saturated heterocycles. The highest BCUT2D eigenvalue weighted by atomic mass is 19.4. The first-order valence-corrected chi connectivity index (χ1v) is 6.14. The van der Waals surface area contributed by atoms with Gasteiger partial charge in [0.1, 0.15) is 17.6 Å². The Labute approximate surface area is 119 Å². The lowest BCUT2D eigenvalue weighted by atomic mass is 10.2. The molecular weight excluding hydrogens is 287 g/mol. The molecule has 1 aromatic rings. The number of carbonyl (C=O) groups is 1. The van der Waals surface area contributed by atoms with Gasteiger partial charge in [-0.15, -0.1) is 0 Å². The summed E-state index contributed by atoms with van der Waals surface area (Å²) in [6.45, 7) is 1.99. The lowest BCUT2D eigenvalue weighted by Crippen LogP contribution is -2.25. The molecule has 0 N–H and O–H groups in total. The molecule has 8 heteroatoms. The summed E-state index contributed by atoms with van der Waals surface area (Å²) in [6, 6.07) is 3.59. The van der Waals surface area contributed by atoms with E-state index < -0.39 is 17.8 Å². The van der Waals surface area contributed by atoms with Gasteiger partial charge < -0.3 is 9.64 Å². The molecule has 0 aliphatic heterocycles. The summed E-state index contributed by atoms with van der Waals surface area (Å²) >= 11 is 0. The van der Waals surface area contributed by atoms with Crippen molar-refractivity contribution in [3.05, 3.63) is 23.4 Å². The normalized spacial score (nSPS) is 10.9. The number of esters is 1. The van der Waals surface area contributed by atoms with Crippen LogP contribution in [-0.4, -0.2) is 31.2 Å². The number of rotatable bonds is 5. The van der Waals surface area contributed by atoms with Crippen LogP contribution in [0.2, 0.25) is 0 Å². The van der Waals surface area contributed by atoms with Gasteiger partial charge in [0.2, 0.25) is 0 Å². The summed E-state index contributed by atoms with van der Waals surface area (Å²) < 4.78 is 42.7. The molecule has 5 nitrogen and oxygen atoms in total. The monoisotopic (exact) mass is 301 g/mol. The maximum Gasteiger partial charge on any atom is 0.433 e. The SMILES string of the molecule is CCOC(=O)CCN(C)c1nc(C(F)(F)F)ccc1C#N. The van der Waals surface area contributed by atoms with E-state index in [1.54, 1.807) is 13.0 Å². The van der Waals surface area contributed by atoms with Crippen molar-refractivity contribution in [2.24, 2.45) is 0 Å². The highest BCUT2D eigenvalue weighted by molar-refractivity contribution is 5.70. The second kappa shape index (κ2) is 6.92. The number of halogens is 3. The number of aromatic nitrogens is 1. The molecule has 0 spiro atoms. The summed E-state index contributed by atoms with van der Waals surface area (Å²) in [5, 5.41) is 8.93. The first kappa shape index (κ1) is 16.8. The fourth-order valence-corrected chi connectivity index (χ4v) is 1.58. The van der Waals surface area contributed by atoms with Crippen LogP contribution in [-0.2, 0) is 15.7 Å². The minimum atomic E-state index is -4.59. The van der Waals surface area contributed by atoms with Crippen LogP contribution in [0.15, 0.2) is 12.1 Å². The number of hydrogen-bond acceptors (Lipinski definition) is 5. The fraction of sp³-hybridized carbons (Fsp3) is 0.462. The number of nitrogens with zero attached hydrogens (tertiary/aromatic N) is 3. The number of ether oxygens (including phenoxy) is 1. The molecule has 114 valence electrons. The first-order valence-electron chi connectivity index (χ1n) is 6.14. The Kier molecular flexibility index (Phi) is 5.52. The van der Waals surface area contributed by atoms with E-state index in [-0.39, 0.29) is 31.0 Å². The molecule has 21 heavy (non-hydrogen) atoms. The van der Waals surface area contributed by atoms with Gasteiger partial charge in [0.15, 0.2) is 0 Å². The number of anilines is 1. The van der Waals surface area contributed by atoms with Crippen LogP contribution in [0.1, 0.15) is 24.6 Å². The van der Waals surface area contributed by atoms with Gasteiger partial charge in [-0.2, -0.15) is 18.4 Å². The van der Waals surface area contributed by atoms with Crippen molar-refractivity contribution in [3.8, 4) is 6.07 Å². The number of nitriles is 1. The van der Waals surface area contributed by atoms with E-state index >= 15 is 0 Å². The van der Waals surface area contributed by atoms with Crippen molar-refractivity contribution in [1.29, 1.82) is 5.26 Å². The summed E-state index contributed by atoms with van der Waals surface area (Å²) in [5.74, 6) is -0.577. The minimum absolute atomic E-state index is 0.00681. The van der Waals surface area contributed by atoms with Crippen molar-refractivity contribution in [2.75, 3.05) is 25.1 Å². The average Bonchev–Trinajstić information content (AvgIpc) is 2.43. The molecule has 0 aliphatic carbocycles. The Morgan fingerprint density at radius 3 is 2.67 bits per heavy atom. The van der Waals surface area contributed by atoms with Gasteiger partial charge in [-0.3, -0.25) is 4.79 Å². The molecule has 0 aliphatic rings. The molecule has 1 rings (SSSR count). The summed E-state index contributed by atoms with van der Waals surface area (Å²) in [6.07, 6.45) is -4.60. The molecule has 0 atom stereocenters. The van der Waals surface area contributed by atoms with E-state index in [4.69, 9.17) is 10.00 Å². The van der Waals surface area contributed by atoms with Crippen LogP contribution < -0.4 is 4.90 Å². The Morgan fingerprint density at radius 2 is 2.14 bits per heavy atom. The Morgan fingerprint density at radius 1 is 1.48 bits per heavy atom. The third-order valence-corrected chi connectivity index (χ3v) is 2.60. The zero-order chi connectivity index (χ0) is 16.0. The highest BCUT2D eigenvalue weighted by Crippen LogP contribution is 2.30. The van der Waals surface area contributed by atoms with E-state index in [2.05, 4.69) is 4.98 Å². The molecule has 1 heterocycles. The summed E-state index contributed by atoms with van der Waals surface area (Å²) in [5.41, 5.74) is -1.08. The molecule has 0 radical (unpaired) electrons. The molecule has 0 amide bonds. The lowest BCUT2D eigenvalue weighted by Gasteiger charge is -2.20. The Bertz CT molecular complexity index is 553. The number of pyridine rings is 1. The Hall–Kier alpha value is -2.30. The van der Waals surface area contributed by atoms with Gasteiger partial charge in [-0.25, -0.2) is 4.98 Å². The molecule has 0 aromatic carbocycles. The van der Waals surface area contributed by atoms with Crippen LogP contribution in [0, 0.1) is 11.3 Å². The van der Waals surface area contributed by atoms with Gasteiger partial charge in [0.05, 0.1) is 18.6 Å². The van der Waals surface area contributed by atoms with Crippen molar-refractivity contribution in [3.63, 3.8) is 0 Å². The predicted molar refractivity (Wildman–Crippen MR) is 68.5 cm³/mol. The van der Waals surface area contributed by atoms with Crippen LogP contribution >= 0.6 is 0 Å². The summed E-state index contributed by atoms with van der Waals surface area (Å²) in [4.78, 5) is 16.0. The van der Waals surface area contributed by atoms with Gasteiger partial charge in [-0.05, 0) is 19.1 Å². The second-order valence-corrected chi connectivity index (χ2v) is 4.15. The predicted octanol–water partition coefficient (Wildman–Crippen LogP) is 2.36. The third-order valence-electron chi connectivity index (χ3n) is 2.60. The Balaban J connectivity index is 2.94. The van der Waals surface area contributed by atoms with Crippen molar-refractivity contribution >= 4 is 11.8 Å². The zero-order valence-electron chi connectivity index (χ0n) is 11.6. The standard InChI is InChI=1S/C13H14F3N3O2/c1-3-21-11(20)6-7-19(2)12-9(8-17)4-5-10(18-12)13(14,15)16/h4-5H,3,6-7H2,1-2H3. The lowest BCUT2D eigenvalue weighted by molar-refractivity contribution is -0.143. The quantitative estimate of drug-likeness (QED) is 0.781. The van der Waals surface area contributed by atoms with E-state index in [0.29, 0.717) is 0 Å². The highest BCUT2D eigenvalue weighted by Gasteiger charge is 2.33. The van der Waals surface area contributed by atoms with E-state index in [1.165, 1.54) is 11.9 Å². The van der Waals surface area contributed by atoms with E-state index in [1.807, 2.05) is 0 Å². The number of hydrogen-bond donors (Lipinski definition) is 0. The van der Waals surface area contributed by atoms with Gasteiger partial charge in [0, 0.05) is 13.6 Å². The molecule has 0 bridgehead atoms. The molecular formula is C13H14F3N3O2. The van der Waals surface area contributed by atoms with Gasteiger partial charge in [-0.1, -0.05) is 0 Å². The largest absolute Gasteiger partial charge is 0.466 e. The first-order chi connectivity index (χ1) is 9.79. The van der Waals surface area contributed by atoms with Crippen LogP contribution in [0.25, 0.3) is 0 Å². The molecule has 0 saturated carbocycles. The van der Waals surface area contributed by atoms with Crippen molar-refractivity contribution in [1.82, 2.24) is 4.98 Å². The van der Waals surface area contributed by atoms with Crippen LogP contribution in [0.3, 0.4) is 0 Å². The van der Waals surface area contributed by atoms with Gasteiger partial charge >= 0.3 is 12.1 Å².